The van der Waals surface area contributed by atoms with Crippen molar-refractivity contribution in [1.29, 1.82) is 0 Å². The molecule has 0 spiro atoms. The molecule has 0 unspecified atom stereocenters. The maximum atomic E-state index is 11.3. The Morgan fingerprint density at radius 1 is 0.676 bits per heavy atom. The van der Waals surface area contributed by atoms with Crippen LogP contribution in [0.3, 0.4) is 0 Å². The van der Waals surface area contributed by atoms with Crippen LogP contribution in [0.2, 0.25) is 0 Å². The molecule has 1 heterocycles. The van der Waals surface area contributed by atoms with E-state index < -0.39 is 0 Å². The van der Waals surface area contributed by atoms with Crippen molar-refractivity contribution in [1.82, 2.24) is 9.80 Å². The fraction of sp³-hybridized carbons (Fsp3) is 0.267. The minimum Gasteiger partial charge on any atom is -0.507 e. The molecule has 4 rings (SSSR count). The summed E-state index contributed by atoms with van der Waals surface area (Å²) in [6.45, 7) is 13.2. The van der Waals surface area contributed by atoms with E-state index in [1.165, 1.54) is 5.56 Å². The molecule has 176 valence electrons. The SMILES string of the molecule is C=CCc1ccc(O)c(-c2cc(CC=C)cc(CN3CCN(Cc4ccccc4)CC3)c2O)c1. The van der Waals surface area contributed by atoms with E-state index in [-0.39, 0.29) is 11.5 Å². The lowest BCUT2D eigenvalue weighted by molar-refractivity contribution is 0.121. The van der Waals surface area contributed by atoms with Crippen LogP contribution in [0.1, 0.15) is 22.3 Å². The molecule has 0 saturated carbocycles. The fourth-order valence-corrected chi connectivity index (χ4v) is 4.65. The van der Waals surface area contributed by atoms with Crippen LogP contribution in [0.4, 0.5) is 0 Å². The van der Waals surface area contributed by atoms with Crippen molar-refractivity contribution < 1.29 is 10.2 Å². The van der Waals surface area contributed by atoms with Crippen LogP contribution in [-0.2, 0) is 25.9 Å². The van der Waals surface area contributed by atoms with Gasteiger partial charge in [-0.15, -0.1) is 13.2 Å². The summed E-state index contributed by atoms with van der Waals surface area (Å²) in [5.74, 6) is 0.407. The van der Waals surface area contributed by atoms with Crippen molar-refractivity contribution in [2.45, 2.75) is 25.9 Å². The normalized spacial score (nSPS) is 14.7. The Kier molecular flexibility index (Phi) is 7.84. The predicted molar refractivity (Wildman–Crippen MR) is 140 cm³/mol. The first-order valence-corrected chi connectivity index (χ1v) is 11.9. The predicted octanol–water partition coefficient (Wildman–Crippen LogP) is 5.54. The lowest BCUT2D eigenvalue weighted by Crippen LogP contribution is -2.45. The average Bonchev–Trinajstić information content (AvgIpc) is 2.84. The first kappa shape index (κ1) is 23.8. The summed E-state index contributed by atoms with van der Waals surface area (Å²) in [6.07, 6.45) is 5.13. The molecule has 0 atom stereocenters. The number of nitrogens with zero attached hydrogens (tertiary/aromatic N) is 2. The van der Waals surface area contributed by atoms with Gasteiger partial charge in [-0.05, 0) is 47.7 Å². The molecular formula is C30H34N2O2. The van der Waals surface area contributed by atoms with E-state index in [1.54, 1.807) is 6.07 Å². The highest BCUT2D eigenvalue weighted by atomic mass is 16.3. The van der Waals surface area contributed by atoms with Gasteiger partial charge in [0, 0.05) is 56.0 Å². The summed E-state index contributed by atoms with van der Waals surface area (Å²) in [7, 11) is 0. The molecule has 4 nitrogen and oxygen atoms in total. The molecule has 3 aromatic carbocycles. The van der Waals surface area contributed by atoms with E-state index in [4.69, 9.17) is 0 Å². The van der Waals surface area contributed by atoms with E-state index in [1.807, 2.05) is 30.4 Å². The van der Waals surface area contributed by atoms with Crippen LogP contribution in [0, 0.1) is 0 Å². The highest BCUT2D eigenvalue weighted by molar-refractivity contribution is 5.78. The molecule has 3 aromatic rings. The number of hydrogen-bond acceptors (Lipinski definition) is 4. The maximum Gasteiger partial charge on any atom is 0.128 e. The third-order valence-corrected chi connectivity index (χ3v) is 6.47. The van der Waals surface area contributed by atoms with Crippen LogP contribution in [-0.4, -0.2) is 46.2 Å². The number of allylic oxidation sites excluding steroid dienone is 2. The minimum absolute atomic E-state index is 0.166. The van der Waals surface area contributed by atoms with Gasteiger partial charge in [0.25, 0.3) is 0 Å². The van der Waals surface area contributed by atoms with Crippen molar-refractivity contribution in [2.24, 2.45) is 0 Å². The largest absolute Gasteiger partial charge is 0.507 e. The fourth-order valence-electron chi connectivity index (χ4n) is 4.65. The highest BCUT2D eigenvalue weighted by Gasteiger charge is 2.21. The van der Waals surface area contributed by atoms with Gasteiger partial charge in [-0.25, -0.2) is 0 Å². The van der Waals surface area contributed by atoms with Crippen molar-refractivity contribution >= 4 is 0 Å². The minimum atomic E-state index is 0.166. The smallest absolute Gasteiger partial charge is 0.128 e. The maximum absolute atomic E-state index is 11.3. The molecule has 1 aliphatic rings. The molecular weight excluding hydrogens is 420 g/mol. The molecule has 4 heteroatoms. The lowest BCUT2D eigenvalue weighted by Gasteiger charge is -2.35. The van der Waals surface area contributed by atoms with Crippen LogP contribution in [0.5, 0.6) is 11.5 Å². The zero-order valence-electron chi connectivity index (χ0n) is 19.8. The number of benzene rings is 3. The van der Waals surface area contributed by atoms with Gasteiger partial charge >= 0.3 is 0 Å². The molecule has 2 N–H and O–H groups in total. The van der Waals surface area contributed by atoms with Gasteiger partial charge in [-0.3, -0.25) is 9.80 Å². The Labute approximate surface area is 203 Å². The summed E-state index contributed by atoms with van der Waals surface area (Å²) in [4.78, 5) is 4.88. The van der Waals surface area contributed by atoms with Gasteiger partial charge in [0.15, 0.2) is 0 Å². The van der Waals surface area contributed by atoms with Gasteiger partial charge < -0.3 is 10.2 Å². The topological polar surface area (TPSA) is 46.9 Å². The summed E-state index contributed by atoms with van der Waals surface area (Å²) in [6, 6.07) is 20.1. The van der Waals surface area contributed by atoms with Crippen LogP contribution >= 0.6 is 0 Å². The van der Waals surface area contributed by atoms with Crippen LogP contribution < -0.4 is 0 Å². The first-order chi connectivity index (χ1) is 16.6. The monoisotopic (exact) mass is 454 g/mol. The molecule has 0 bridgehead atoms. The summed E-state index contributed by atoms with van der Waals surface area (Å²) < 4.78 is 0. The second kappa shape index (κ2) is 11.2. The highest BCUT2D eigenvalue weighted by Crippen LogP contribution is 2.39. The third kappa shape index (κ3) is 5.77. The Balaban J connectivity index is 1.53. The first-order valence-electron chi connectivity index (χ1n) is 11.9. The number of hydrogen-bond donors (Lipinski definition) is 2. The Bertz CT molecular complexity index is 1130. The van der Waals surface area contributed by atoms with Gasteiger partial charge in [-0.1, -0.05) is 54.6 Å². The van der Waals surface area contributed by atoms with Gasteiger partial charge in [-0.2, -0.15) is 0 Å². The molecule has 34 heavy (non-hydrogen) atoms. The van der Waals surface area contributed by atoms with E-state index >= 15 is 0 Å². The van der Waals surface area contributed by atoms with Gasteiger partial charge in [0.1, 0.15) is 11.5 Å². The van der Waals surface area contributed by atoms with E-state index in [0.717, 1.165) is 49.4 Å². The second-order valence-electron chi connectivity index (χ2n) is 9.03. The number of phenols is 2. The Hall–Kier alpha value is -3.34. The molecule has 1 aliphatic heterocycles. The molecule has 0 amide bonds. The Morgan fingerprint density at radius 2 is 1.29 bits per heavy atom. The molecule has 1 fully saturated rings. The summed E-state index contributed by atoms with van der Waals surface area (Å²) in [5, 5.41) is 21.9. The molecule has 0 aromatic heterocycles. The van der Waals surface area contributed by atoms with E-state index in [0.29, 0.717) is 30.5 Å². The van der Waals surface area contributed by atoms with Crippen molar-refractivity contribution in [3.8, 4) is 22.6 Å². The Morgan fingerprint density at radius 3 is 1.97 bits per heavy atom. The number of phenolic OH excluding ortho intramolecular Hbond substituents is 2. The van der Waals surface area contributed by atoms with E-state index in [2.05, 4.69) is 59.4 Å². The van der Waals surface area contributed by atoms with Gasteiger partial charge in [0.2, 0.25) is 0 Å². The molecule has 1 saturated heterocycles. The molecule has 0 aliphatic carbocycles. The second-order valence-corrected chi connectivity index (χ2v) is 9.03. The number of aromatic hydroxyl groups is 2. The zero-order valence-corrected chi connectivity index (χ0v) is 19.8. The van der Waals surface area contributed by atoms with Crippen molar-refractivity contribution in [3.05, 3.63) is 108 Å². The van der Waals surface area contributed by atoms with Crippen LogP contribution in [0.25, 0.3) is 11.1 Å². The molecule has 0 radical (unpaired) electrons. The summed E-state index contributed by atoms with van der Waals surface area (Å²) >= 11 is 0. The third-order valence-electron chi connectivity index (χ3n) is 6.47. The number of piperazine rings is 1. The van der Waals surface area contributed by atoms with Gasteiger partial charge in [0.05, 0.1) is 0 Å². The van der Waals surface area contributed by atoms with E-state index in [9.17, 15) is 10.2 Å². The zero-order chi connectivity index (χ0) is 23.9. The standard InChI is InChI=1S/C30H34N2O2/c1-3-8-23-12-13-29(33)27(19-23)28-20-25(9-4-2)18-26(30(28)34)22-32-16-14-31(15-17-32)21-24-10-6-5-7-11-24/h3-7,10-13,18-20,33-34H,1-2,8-9,14-17,21-22H2. The lowest BCUT2D eigenvalue weighted by atomic mass is 9.94. The van der Waals surface area contributed by atoms with Crippen molar-refractivity contribution in [2.75, 3.05) is 26.2 Å². The quantitative estimate of drug-likeness (QED) is 0.417. The number of rotatable bonds is 9. The van der Waals surface area contributed by atoms with Crippen molar-refractivity contribution in [3.63, 3.8) is 0 Å². The van der Waals surface area contributed by atoms with Crippen LogP contribution in [0.15, 0.2) is 86.0 Å². The summed E-state index contributed by atoms with van der Waals surface area (Å²) in [5.41, 5.74) is 5.67. The average molecular weight is 455 g/mol.